The third-order valence-corrected chi connectivity index (χ3v) is 11.2. The molecule has 0 aliphatic carbocycles. The van der Waals surface area contributed by atoms with Gasteiger partial charge in [-0.25, -0.2) is 0 Å². The Labute approximate surface area is 184 Å². The summed E-state index contributed by atoms with van der Waals surface area (Å²) in [4.78, 5) is 0. The van der Waals surface area contributed by atoms with Gasteiger partial charge in [0.25, 0.3) is 0 Å². The van der Waals surface area contributed by atoms with Crippen LogP contribution in [0.1, 0.15) is 46.0 Å². The average Bonchev–Trinajstić information content (AvgIpc) is 2.62. The van der Waals surface area contributed by atoms with Gasteiger partial charge in [-0.3, -0.25) is 0 Å². The minimum absolute atomic E-state index is 0.0143. The largest absolute Gasteiger partial charge is 0.411 e. The molecule has 0 aromatic heterocycles. The maximum atomic E-state index is 6.78. The molecule has 0 saturated carbocycles. The highest BCUT2D eigenvalue weighted by atomic mass is 127. The van der Waals surface area contributed by atoms with Crippen LogP contribution >= 0.6 is 22.6 Å². The topological polar surface area (TPSA) is 36.9 Å². The molecule has 2 fully saturated rings. The molecule has 4 nitrogen and oxygen atoms in total. The summed E-state index contributed by atoms with van der Waals surface area (Å²) in [7, 11) is -1.93. The monoisotopic (exact) mass is 516 g/mol. The molecule has 28 heavy (non-hydrogen) atoms. The zero-order valence-electron chi connectivity index (χ0n) is 17.8. The summed E-state index contributed by atoms with van der Waals surface area (Å²) in [5.41, 5.74) is 0.569. The first-order valence-electron chi connectivity index (χ1n) is 10.0. The number of fused-ring (bicyclic) bond motifs is 1. The van der Waals surface area contributed by atoms with E-state index in [2.05, 4.69) is 69.5 Å². The predicted octanol–water partition coefficient (Wildman–Crippen LogP) is 5.99. The second-order valence-corrected chi connectivity index (χ2v) is 15.0. The normalized spacial score (nSPS) is 34.4. The van der Waals surface area contributed by atoms with Crippen LogP contribution in [-0.2, 0) is 18.6 Å². The van der Waals surface area contributed by atoms with Crippen molar-refractivity contribution in [2.75, 3.05) is 6.61 Å². The summed E-state index contributed by atoms with van der Waals surface area (Å²) in [5, 5.41) is 0.148. The SMILES string of the molecule is CC(C)(C)[Si](C)(C)O[C@@H]1CC2O[C@H](c3ccccc3)OC[C@@]2(C)O[C@H]1/C=C\I. The number of benzene rings is 1. The van der Waals surface area contributed by atoms with Crippen LogP contribution in [0.5, 0.6) is 0 Å². The summed E-state index contributed by atoms with van der Waals surface area (Å²) in [6.07, 6.45) is 2.38. The Morgan fingerprint density at radius 2 is 1.89 bits per heavy atom. The van der Waals surface area contributed by atoms with E-state index in [9.17, 15) is 0 Å². The Balaban J connectivity index is 1.81. The van der Waals surface area contributed by atoms with Crippen LogP contribution in [0.4, 0.5) is 0 Å². The molecule has 5 atom stereocenters. The highest BCUT2D eigenvalue weighted by molar-refractivity contribution is 14.1. The molecule has 0 radical (unpaired) electrons. The molecule has 0 bridgehead atoms. The van der Waals surface area contributed by atoms with Crippen LogP contribution in [0.3, 0.4) is 0 Å². The van der Waals surface area contributed by atoms with Gasteiger partial charge in [-0.1, -0.05) is 73.7 Å². The summed E-state index contributed by atoms with van der Waals surface area (Å²) in [6, 6.07) is 10.1. The van der Waals surface area contributed by atoms with E-state index in [0.29, 0.717) is 6.61 Å². The zero-order valence-corrected chi connectivity index (χ0v) is 20.9. The van der Waals surface area contributed by atoms with E-state index in [1.165, 1.54) is 0 Å². The Morgan fingerprint density at radius 3 is 2.50 bits per heavy atom. The Kier molecular flexibility index (Phi) is 6.79. The molecule has 6 heteroatoms. The molecular weight excluding hydrogens is 483 g/mol. The highest BCUT2D eigenvalue weighted by Crippen LogP contribution is 2.44. The quantitative estimate of drug-likeness (QED) is 0.364. The van der Waals surface area contributed by atoms with Gasteiger partial charge in [-0.2, -0.15) is 0 Å². The minimum atomic E-state index is -1.93. The molecule has 1 aromatic rings. The fraction of sp³-hybridized carbons (Fsp3) is 0.636. The van der Waals surface area contributed by atoms with Gasteiger partial charge in [0.1, 0.15) is 11.7 Å². The van der Waals surface area contributed by atoms with Gasteiger partial charge in [0.15, 0.2) is 14.6 Å². The minimum Gasteiger partial charge on any atom is -0.411 e. The zero-order chi connectivity index (χ0) is 20.6. The van der Waals surface area contributed by atoms with Crippen molar-refractivity contribution in [1.29, 1.82) is 0 Å². The van der Waals surface area contributed by atoms with Crippen molar-refractivity contribution in [2.24, 2.45) is 0 Å². The molecule has 2 heterocycles. The van der Waals surface area contributed by atoms with E-state index in [1.807, 2.05) is 34.4 Å². The lowest BCUT2D eigenvalue weighted by atomic mass is 9.88. The first kappa shape index (κ1) is 22.4. The standard InChI is InChI=1S/C22H33IO4Si/c1-21(2,3)28(5,6)27-18-14-19-22(4,26-17(18)12-13-23)15-24-20(25-19)16-10-8-7-9-11-16/h7-13,17-20H,14-15H2,1-6H3/b13-12-/t17-,18+,19?,20+,22+/m0/s1. The van der Waals surface area contributed by atoms with Crippen molar-refractivity contribution in [3.8, 4) is 0 Å². The number of rotatable bonds is 4. The third-order valence-electron chi connectivity index (χ3n) is 6.29. The van der Waals surface area contributed by atoms with Crippen molar-refractivity contribution in [2.45, 2.75) is 82.5 Å². The third kappa shape index (κ3) is 4.73. The van der Waals surface area contributed by atoms with Crippen LogP contribution in [0, 0.1) is 0 Å². The number of ether oxygens (including phenoxy) is 3. The summed E-state index contributed by atoms with van der Waals surface area (Å²) >= 11 is 2.25. The van der Waals surface area contributed by atoms with Gasteiger partial charge >= 0.3 is 0 Å². The van der Waals surface area contributed by atoms with E-state index in [-0.39, 0.29) is 29.6 Å². The predicted molar refractivity (Wildman–Crippen MR) is 123 cm³/mol. The number of halogens is 1. The lowest BCUT2D eigenvalue weighted by Gasteiger charge is -2.52. The Hall–Kier alpha value is -0.253. The van der Waals surface area contributed by atoms with Crippen LogP contribution < -0.4 is 0 Å². The van der Waals surface area contributed by atoms with Crippen molar-refractivity contribution in [3.05, 3.63) is 46.1 Å². The van der Waals surface area contributed by atoms with Crippen LogP contribution in [-0.4, -0.2) is 38.8 Å². The van der Waals surface area contributed by atoms with E-state index in [0.717, 1.165) is 12.0 Å². The van der Waals surface area contributed by atoms with Crippen LogP contribution in [0.15, 0.2) is 40.5 Å². The van der Waals surface area contributed by atoms with Crippen molar-refractivity contribution >= 4 is 30.9 Å². The fourth-order valence-electron chi connectivity index (χ4n) is 3.50. The molecule has 0 N–H and O–H groups in total. The lowest BCUT2D eigenvalue weighted by molar-refractivity contribution is -0.331. The molecule has 1 unspecified atom stereocenters. The van der Waals surface area contributed by atoms with Crippen LogP contribution in [0.25, 0.3) is 0 Å². The maximum Gasteiger partial charge on any atom is 0.192 e. The number of hydrogen-bond acceptors (Lipinski definition) is 4. The van der Waals surface area contributed by atoms with Gasteiger partial charge in [0, 0.05) is 12.0 Å². The van der Waals surface area contributed by atoms with Crippen molar-refractivity contribution in [1.82, 2.24) is 0 Å². The number of hydrogen-bond donors (Lipinski definition) is 0. The van der Waals surface area contributed by atoms with Gasteiger partial charge in [0.2, 0.25) is 0 Å². The van der Waals surface area contributed by atoms with E-state index in [1.54, 1.807) is 0 Å². The average molecular weight is 516 g/mol. The van der Waals surface area contributed by atoms with Crippen LogP contribution in [0.2, 0.25) is 18.1 Å². The van der Waals surface area contributed by atoms with E-state index in [4.69, 9.17) is 18.6 Å². The molecule has 2 saturated heterocycles. The summed E-state index contributed by atoms with van der Waals surface area (Å²) in [6.45, 7) is 14.0. The molecule has 2 aliphatic rings. The van der Waals surface area contributed by atoms with E-state index < -0.39 is 13.9 Å². The molecule has 1 aromatic carbocycles. The molecule has 2 aliphatic heterocycles. The second kappa shape index (κ2) is 8.47. The lowest BCUT2D eigenvalue weighted by Crippen LogP contribution is -2.62. The molecular formula is C22H33IO4Si. The van der Waals surface area contributed by atoms with Gasteiger partial charge < -0.3 is 18.6 Å². The summed E-state index contributed by atoms with van der Waals surface area (Å²) in [5.74, 6) is 0. The second-order valence-electron chi connectivity index (χ2n) is 9.54. The Bertz CT molecular complexity index is 688. The summed E-state index contributed by atoms with van der Waals surface area (Å²) < 4.78 is 27.8. The van der Waals surface area contributed by atoms with Crippen molar-refractivity contribution < 1.29 is 18.6 Å². The fourth-order valence-corrected chi connectivity index (χ4v) is 5.25. The first-order chi connectivity index (χ1) is 13.1. The molecule has 3 rings (SSSR count). The smallest absolute Gasteiger partial charge is 0.192 e. The Morgan fingerprint density at radius 1 is 1.21 bits per heavy atom. The van der Waals surface area contributed by atoms with E-state index >= 15 is 0 Å². The first-order valence-corrected chi connectivity index (χ1v) is 14.2. The highest BCUT2D eigenvalue weighted by Gasteiger charge is 2.52. The van der Waals surface area contributed by atoms with Gasteiger partial charge in [0.05, 0.1) is 18.8 Å². The molecule has 0 amide bonds. The molecule has 0 spiro atoms. The maximum absolute atomic E-state index is 6.78. The van der Waals surface area contributed by atoms with Gasteiger partial charge in [-0.15, -0.1) is 0 Å². The molecule has 156 valence electrons. The van der Waals surface area contributed by atoms with Gasteiger partial charge in [-0.05, 0) is 35.2 Å². The van der Waals surface area contributed by atoms with Crippen molar-refractivity contribution in [3.63, 3.8) is 0 Å².